The first-order valence-electron chi connectivity index (χ1n) is 10.1. The molecule has 1 aliphatic heterocycles. The van der Waals surface area contributed by atoms with Crippen LogP contribution in [0.25, 0.3) is 0 Å². The number of phenols is 3. The number of benzene rings is 3. The molecule has 1 heterocycles. The predicted molar refractivity (Wildman–Crippen MR) is 139 cm³/mol. The van der Waals surface area contributed by atoms with Gasteiger partial charge in [-0.05, 0) is 65.0 Å². The van der Waals surface area contributed by atoms with Crippen molar-refractivity contribution in [1.82, 2.24) is 9.95 Å². The summed E-state index contributed by atoms with van der Waals surface area (Å²) in [4.78, 5) is 0. The summed E-state index contributed by atoms with van der Waals surface area (Å²) in [5.41, 5.74) is 6.65. The van der Waals surface area contributed by atoms with Gasteiger partial charge >= 0.3 is 0 Å². The summed E-state index contributed by atoms with van der Waals surface area (Å²) in [6, 6.07) is 21.6. The summed E-state index contributed by atoms with van der Waals surface area (Å²) in [7, 11) is 0. The third-order valence-corrected chi connectivity index (χ3v) is 7.44. The molecule has 0 saturated carbocycles. The number of hydrazine groups is 1. The molecule has 3 aromatic carbocycles. The SMILES string of the molecule is Oc1ccc(CSC2=CC(SCc3ccc(O)cc3)=NN(SCc3ccc(O)cc3)N2)cc1. The van der Waals surface area contributed by atoms with Crippen molar-refractivity contribution in [3.8, 4) is 17.2 Å². The van der Waals surface area contributed by atoms with Gasteiger partial charge in [-0.2, -0.15) is 0 Å². The molecule has 0 bridgehead atoms. The van der Waals surface area contributed by atoms with Crippen LogP contribution in [0.1, 0.15) is 16.7 Å². The molecule has 9 heteroatoms. The van der Waals surface area contributed by atoms with Crippen LogP contribution >= 0.6 is 35.5 Å². The predicted octanol–water partition coefficient (Wildman–Crippen LogP) is 5.79. The van der Waals surface area contributed by atoms with Gasteiger partial charge in [0.25, 0.3) is 0 Å². The van der Waals surface area contributed by atoms with Gasteiger partial charge < -0.3 is 15.3 Å². The van der Waals surface area contributed by atoms with E-state index in [2.05, 4.69) is 5.43 Å². The number of hydrazone groups is 1. The van der Waals surface area contributed by atoms with Crippen LogP contribution in [0.2, 0.25) is 0 Å². The fourth-order valence-electron chi connectivity index (χ4n) is 2.82. The molecule has 4 N–H and O–H groups in total. The minimum Gasteiger partial charge on any atom is -0.508 e. The molecule has 4 rings (SSSR count). The molecule has 170 valence electrons. The first-order chi connectivity index (χ1) is 16.0. The highest BCUT2D eigenvalue weighted by Crippen LogP contribution is 2.29. The van der Waals surface area contributed by atoms with E-state index in [-0.39, 0.29) is 17.2 Å². The smallest absolute Gasteiger partial charge is 0.122 e. The van der Waals surface area contributed by atoms with Gasteiger partial charge in [-0.25, -0.2) is 0 Å². The van der Waals surface area contributed by atoms with Gasteiger partial charge in [0, 0.05) is 23.3 Å². The second kappa shape index (κ2) is 11.3. The van der Waals surface area contributed by atoms with Gasteiger partial charge in [0.15, 0.2) is 0 Å². The number of nitrogens with one attached hydrogen (secondary N) is 1. The second-order valence-electron chi connectivity index (χ2n) is 7.18. The van der Waals surface area contributed by atoms with Gasteiger partial charge in [-0.15, -0.1) is 21.4 Å². The Kier molecular flexibility index (Phi) is 7.98. The first-order valence-corrected chi connectivity index (χ1v) is 13.0. The molecule has 0 spiro atoms. The van der Waals surface area contributed by atoms with E-state index in [0.29, 0.717) is 5.75 Å². The van der Waals surface area contributed by atoms with Crippen molar-refractivity contribution in [3.63, 3.8) is 0 Å². The van der Waals surface area contributed by atoms with E-state index in [0.717, 1.165) is 38.3 Å². The topological polar surface area (TPSA) is 88.3 Å². The standard InChI is InChI=1S/C24H23N3O3S3/c28-20-7-1-17(2-8-20)14-31-23-13-24(32-15-18-3-9-21(29)10-4-18)26-27(25-23)33-16-19-5-11-22(30)12-6-19/h1-13,25,28-30H,14-16H2. The number of phenolic OH excluding ortho intramolecular Hbond substituents is 3. The molecule has 0 aliphatic carbocycles. The van der Waals surface area contributed by atoms with Crippen molar-refractivity contribution >= 4 is 40.5 Å². The zero-order valence-corrected chi connectivity index (χ0v) is 20.0. The summed E-state index contributed by atoms with van der Waals surface area (Å²) >= 11 is 4.82. The molecule has 0 aromatic heterocycles. The van der Waals surface area contributed by atoms with Crippen LogP contribution in [0.15, 0.2) is 89.0 Å². The Bertz CT molecular complexity index is 1120. The number of aromatic hydroxyl groups is 3. The normalized spacial score (nSPS) is 13.3. The summed E-state index contributed by atoms with van der Waals surface area (Å²) in [6.45, 7) is 0. The lowest BCUT2D eigenvalue weighted by Gasteiger charge is -2.25. The van der Waals surface area contributed by atoms with Crippen LogP contribution in [0.5, 0.6) is 17.2 Å². The van der Waals surface area contributed by atoms with Crippen LogP contribution < -0.4 is 5.43 Å². The molecule has 0 radical (unpaired) electrons. The van der Waals surface area contributed by atoms with Crippen molar-refractivity contribution < 1.29 is 15.3 Å². The third kappa shape index (κ3) is 7.31. The minimum absolute atomic E-state index is 0.252. The molecule has 0 amide bonds. The Morgan fingerprint density at radius 1 is 0.636 bits per heavy atom. The van der Waals surface area contributed by atoms with E-state index >= 15 is 0 Å². The highest BCUT2D eigenvalue weighted by atomic mass is 32.2. The molecule has 33 heavy (non-hydrogen) atoms. The lowest BCUT2D eigenvalue weighted by molar-refractivity contribution is 0.424. The van der Waals surface area contributed by atoms with Crippen LogP contribution in [0, 0.1) is 0 Å². The fourth-order valence-corrected chi connectivity index (χ4v) is 5.48. The second-order valence-corrected chi connectivity index (χ2v) is 10.1. The fraction of sp³-hybridized carbons (Fsp3) is 0.125. The Balaban J connectivity index is 1.42. The number of thioether (sulfide) groups is 2. The molecule has 0 unspecified atom stereocenters. The van der Waals surface area contributed by atoms with Crippen molar-refractivity contribution in [2.45, 2.75) is 17.3 Å². The van der Waals surface area contributed by atoms with E-state index in [4.69, 9.17) is 5.10 Å². The molecule has 0 saturated heterocycles. The Morgan fingerprint density at radius 2 is 1.09 bits per heavy atom. The largest absolute Gasteiger partial charge is 0.508 e. The van der Waals surface area contributed by atoms with E-state index < -0.39 is 0 Å². The lowest BCUT2D eigenvalue weighted by atomic mass is 10.2. The highest BCUT2D eigenvalue weighted by molar-refractivity contribution is 8.13. The average Bonchev–Trinajstić information content (AvgIpc) is 2.83. The van der Waals surface area contributed by atoms with E-state index in [9.17, 15) is 15.3 Å². The van der Waals surface area contributed by atoms with Crippen LogP contribution in [0.4, 0.5) is 0 Å². The minimum atomic E-state index is 0.252. The zero-order valence-electron chi connectivity index (χ0n) is 17.6. The van der Waals surface area contributed by atoms with Crippen LogP contribution in [-0.2, 0) is 17.3 Å². The Labute approximate surface area is 205 Å². The summed E-state index contributed by atoms with van der Waals surface area (Å²) in [5, 5.41) is 35.0. The number of nitrogens with zero attached hydrogens (tertiary/aromatic N) is 2. The average molecular weight is 498 g/mol. The van der Waals surface area contributed by atoms with Crippen molar-refractivity contribution in [3.05, 3.63) is 101 Å². The monoisotopic (exact) mass is 497 g/mol. The summed E-state index contributed by atoms with van der Waals surface area (Å²) in [5.74, 6) is 2.96. The quantitative estimate of drug-likeness (QED) is 0.291. The van der Waals surface area contributed by atoms with E-state index in [1.165, 1.54) is 11.9 Å². The van der Waals surface area contributed by atoms with E-state index in [1.54, 1.807) is 64.4 Å². The maximum absolute atomic E-state index is 9.49. The maximum Gasteiger partial charge on any atom is 0.122 e. The summed E-state index contributed by atoms with van der Waals surface area (Å²) in [6.07, 6.45) is 2.04. The van der Waals surface area contributed by atoms with Gasteiger partial charge in [-0.1, -0.05) is 48.2 Å². The number of hydrogen-bond donors (Lipinski definition) is 4. The summed E-state index contributed by atoms with van der Waals surface area (Å²) < 4.78 is 1.77. The maximum atomic E-state index is 9.49. The zero-order chi connectivity index (χ0) is 23.0. The molecule has 3 aromatic rings. The highest BCUT2D eigenvalue weighted by Gasteiger charge is 2.15. The number of rotatable bonds is 8. The molecule has 0 fully saturated rings. The van der Waals surface area contributed by atoms with Crippen molar-refractivity contribution in [1.29, 1.82) is 0 Å². The third-order valence-electron chi connectivity index (χ3n) is 4.59. The Hall–Kier alpha value is -2.88. The van der Waals surface area contributed by atoms with Gasteiger partial charge in [-0.3, -0.25) is 5.43 Å². The Morgan fingerprint density at radius 3 is 1.61 bits per heavy atom. The lowest BCUT2D eigenvalue weighted by Crippen LogP contribution is -2.30. The van der Waals surface area contributed by atoms with Crippen molar-refractivity contribution in [2.24, 2.45) is 5.10 Å². The molecule has 0 atom stereocenters. The van der Waals surface area contributed by atoms with Gasteiger partial charge in [0.2, 0.25) is 0 Å². The number of hydrogen-bond acceptors (Lipinski definition) is 9. The van der Waals surface area contributed by atoms with E-state index in [1.807, 2.05) is 42.5 Å². The van der Waals surface area contributed by atoms with Gasteiger partial charge in [0.05, 0.1) is 5.03 Å². The van der Waals surface area contributed by atoms with Crippen molar-refractivity contribution in [2.75, 3.05) is 0 Å². The van der Waals surface area contributed by atoms with Crippen LogP contribution in [0.3, 0.4) is 0 Å². The van der Waals surface area contributed by atoms with Crippen LogP contribution in [-0.4, -0.2) is 24.9 Å². The van der Waals surface area contributed by atoms with Gasteiger partial charge in [0.1, 0.15) is 22.3 Å². The molecular formula is C24H23N3O3S3. The molecule has 6 nitrogen and oxygen atoms in total. The molecule has 1 aliphatic rings. The first kappa shape index (κ1) is 23.3. The molecular weight excluding hydrogens is 474 g/mol.